The number of hydrogen-bond acceptors (Lipinski definition) is 3. The van der Waals surface area contributed by atoms with Crippen LogP contribution in [0.5, 0.6) is 0 Å². The Morgan fingerprint density at radius 1 is 1.10 bits per heavy atom. The fourth-order valence-electron chi connectivity index (χ4n) is 3.98. The molecule has 1 fully saturated rings. The van der Waals surface area contributed by atoms with Crippen LogP contribution in [-0.2, 0) is 31.5 Å². The number of benzene rings is 1. The lowest BCUT2D eigenvalue weighted by molar-refractivity contribution is -0.895. The fraction of sp³-hybridized carbons (Fsp3) is 0.708. The summed E-state index contributed by atoms with van der Waals surface area (Å²) in [6.07, 6.45) is 4.08. The first-order valence-corrected chi connectivity index (χ1v) is 12.6. The highest BCUT2D eigenvalue weighted by Crippen LogP contribution is 2.28. The van der Waals surface area contributed by atoms with E-state index in [1.165, 1.54) is 10.5 Å². The lowest BCUT2D eigenvalue weighted by Gasteiger charge is -2.30. The number of carbonyl (C=O) groups is 1. The zero-order chi connectivity index (χ0) is 21.4. The summed E-state index contributed by atoms with van der Waals surface area (Å²) in [5.41, 5.74) is 2.50. The second-order valence-electron chi connectivity index (χ2n) is 9.28. The van der Waals surface area contributed by atoms with Gasteiger partial charge in [-0.05, 0) is 49.7 Å². The summed E-state index contributed by atoms with van der Waals surface area (Å²) in [6.45, 7) is 13.7. The highest BCUT2D eigenvalue weighted by molar-refractivity contribution is 7.84. The average molecular weight is 423 g/mol. The molecule has 2 rings (SSSR count). The lowest BCUT2D eigenvalue weighted by Crippen LogP contribution is -3.11. The minimum Gasteiger partial charge on any atom is -0.461 e. The number of quaternary nitrogens is 1. The van der Waals surface area contributed by atoms with Crippen molar-refractivity contribution in [2.45, 2.75) is 89.2 Å². The van der Waals surface area contributed by atoms with Crippen LogP contribution in [0, 0.1) is 0 Å². The van der Waals surface area contributed by atoms with Gasteiger partial charge in [0.2, 0.25) is 0 Å². The van der Waals surface area contributed by atoms with Gasteiger partial charge in [0.25, 0.3) is 0 Å². The maximum atomic E-state index is 13.1. The maximum absolute atomic E-state index is 13.1. The van der Waals surface area contributed by atoms with Gasteiger partial charge in [0.15, 0.2) is 0 Å². The summed E-state index contributed by atoms with van der Waals surface area (Å²) in [4.78, 5) is 13.8. The molecule has 1 aromatic carbocycles. The van der Waals surface area contributed by atoms with Crippen LogP contribution in [0.25, 0.3) is 0 Å². The Balaban J connectivity index is 1.94. The molecule has 0 heterocycles. The van der Waals surface area contributed by atoms with Crippen LogP contribution in [0.4, 0.5) is 0 Å². The van der Waals surface area contributed by atoms with Gasteiger partial charge in [0.1, 0.15) is 6.10 Å². The zero-order valence-electron chi connectivity index (χ0n) is 19.0. The van der Waals surface area contributed by atoms with E-state index in [1.54, 1.807) is 0 Å². The molecule has 0 radical (unpaired) electrons. The summed E-state index contributed by atoms with van der Waals surface area (Å²) >= 11 is 0. The second kappa shape index (κ2) is 11.3. The van der Waals surface area contributed by atoms with E-state index >= 15 is 0 Å². The van der Waals surface area contributed by atoms with Crippen LogP contribution in [-0.4, -0.2) is 41.2 Å². The summed E-state index contributed by atoms with van der Waals surface area (Å²) in [5, 5.41) is -0.0456. The van der Waals surface area contributed by atoms with Crippen molar-refractivity contribution in [3.8, 4) is 0 Å². The predicted octanol–water partition coefficient (Wildman–Crippen LogP) is 3.40. The number of nitrogens with one attached hydrogen (secondary N) is 1. The molecule has 0 spiro atoms. The van der Waals surface area contributed by atoms with Crippen LogP contribution in [0.2, 0.25) is 0 Å². The van der Waals surface area contributed by atoms with E-state index in [4.69, 9.17) is 4.74 Å². The topological polar surface area (TPSA) is 47.8 Å². The minimum absolute atomic E-state index is 0.0456. The lowest BCUT2D eigenvalue weighted by atomic mass is 9.87. The third kappa shape index (κ3) is 7.53. The molecule has 0 aliphatic heterocycles. The maximum Gasteiger partial charge on any atom is 0.311 e. The second-order valence-corrected chi connectivity index (χ2v) is 10.9. The van der Waals surface area contributed by atoms with E-state index in [9.17, 15) is 9.00 Å². The van der Waals surface area contributed by atoms with Crippen molar-refractivity contribution in [2.24, 2.45) is 0 Å². The Labute approximate surface area is 179 Å². The van der Waals surface area contributed by atoms with Gasteiger partial charge in [0.05, 0.1) is 31.3 Å². The molecular weight excluding hydrogens is 382 g/mol. The van der Waals surface area contributed by atoms with Crippen LogP contribution in [0.15, 0.2) is 24.3 Å². The van der Waals surface area contributed by atoms with Crippen molar-refractivity contribution < 1.29 is 18.6 Å². The molecule has 0 unspecified atom stereocenters. The van der Waals surface area contributed by atoms with Crippen molar-refractivity contribution in [1.29, 1.82) is 0 Å². The summed E-state index contributed by atoms with van der Waals surface area (Å²) in [6, 6.07) is 8.46. The Morgan fingerprint density at radius 3 is 2.31 bits per heavy atom. The monoisotopic (exact) mass is 422 g/mol. The van der Waals surface area contributed by atoms with Gasteiger partial charge in [-0.2, -0.15) is 0 Å². The van der Waals surface area contributed by atoms with Gasteiger partial charge in [-0.25, -0.2) is 0 Å². The Bertz CT molecular complexity index is 662. The summed E-state index contributed by atoms with van der Waals surface area (Å²) < 4.78 is 18.9. The molecule has 29 heavy (non-hydrogen) atoms. The van der Waals surface area contributed by atoms with E-state index in [0.29, 0.717) is 12.2 Å². The molecule has 0 aromatic heterocycles. The molecule has 0 amide bonds. The Morgan fingerprint density at radius 2 is 1.72 bits per heavy atom. The standard InChI is InChI=1S/C24H39NO3S/c1-6-25(7-2)17-16-23(26)28-21-10-8-9-11-22(21)29(27)18-19-12-14-20(15-13-19)24(3,4)5/h12-15,21-22H,6-11,16-18H2,1-5H3/p+1/t21-,22+,29-/m1/s1. The molecule has 5 heteroatoms. The van der Waals surface area contributed by atoms with Gasteiger partial charge < -0.3 is 9.64 Å². The molecule has 1 saturated carbocycles. The number of carbonyl (C=O) groups excluding carboxylic acids is 1. The molecule has 4 nitrogen and oxygen atoms in total. The fourth-order valence-corrected chi connectivity index (χ4v) is 5.68. The first kappa shape index (κ1) is 24.1. The van der Waals surface area contributed by atoms with Crippen molar-refractivity contribution in [3.05, 3.63) is 35.4 Å². The highest BCUT2D eigenvalue weighted by atomic mass is 32.2. The van der Waals surface area contributed by atoms with Gasteiger partial charge in [-0.1, -0.05) is 51.5 Å². The molecule has 1 aliphatic carbocycles. The molecule has 164 valence electrons. The number of esters is 1. The number of rotatable bonds is 9. The quantitative estimate of drug-likeness (QED) is 0.621. The van der Waals surface area contributed by atoms with Crippen molar-refractivity contribution >= 4 is 16.8 Å². The minimum atomic E-state index is -1.03. The summed E-state index contributed by atoms with van der Waals surface area (Å²) in [7, 11) is -1.03. The van der Waals surface area contributed by atoms with E-state index in [0.717, 1.165) is 50.9 Å². The van der Waals surface area contributed by atoms with Gasteiger partial charge in [-0.15, -0.1) is 0 Å². The third-order valence-corrected chi connectivity index (χ3v) is 7.91. The van der Waals surface area contributed by atoms with Crippen molar-refractivity contribution in [1.82, 2.24) is 0 Å². The Hall–Kier alpha value is -1.20. The number of ether oxygens (including phenoxy) is 1. The predicted molar refractivity (Wildman–Crippen MR) is 121 cm³/mol. The molecule has 0 bridgehead atoms. The normalized spacial score (nSPS) is 21.2. The first-order valence-electron chi connectivity index (χ1n) is 11.2. The van der Waals surface area contributed by atoms with E-state index in [2.05, 4.69) is 58.9 Å². The van der Waals surface area contributed by atoms with Crippen LogP contribution in [0.3, 0.4) is 0 Å². The molecule has 3 atom stereocenters. The van der Waals surface area contributed by atoms with Crippen LogP contribution in [0.1, 0.15) is 77.8 Å². The van der Waals surface area contributed by atoms with E-state index < -0.39 is 10.8 Å². The van der Waals surface area contributed by atoms with Gasteiger partial charge in [-0.3, -0.25) is 9.00 Å². The van der Waals surface area contributed by atoms with Crippen molar-refractivity contribution in [3.63, 3.8) is 0 Å². The third-order valence-electron chi connectivity index (χ3n) is 6.07. The van der Waals surface area contributed by atoms with Gasteiger partial charge in [0, 0.05) is 16.6 Å². The van der Waals surface area contributed by atoms with Crippen LogP contribution >= 0.6 is 0 Å². The largest absolute Gasteiger partial charge is 0.461 e. The molecule has 1 aromatic rings. The molecule has 1 N–H and O–H groups in total. The first-order chi connectivity index (χ1) is 13.7. The SMILES string of the molecule is CC[NH+](CC)CCC(=O)O[C@@H]1CCCC[C@@H]1[S@](=O)Cc1ccc(C(C)(C)C)cc1. The molecule has 0 saturated heterocycles. The number of hydrogen-bond donors (Lipinski definition) is 1. The summed E-state index contributed by atoms with van der Waals surface area (Å²) in [5.74, 6) is 0.403. The van der Waals surface area contributed by atoms with Crippen molar-refractivity contribution in [2.75, 3.05) is 19.6 Å². The molecule has 1 aliphatic rings. The smallest absolute Gasteiger partial charge is 0.311 e. The highest BCUT2D eigenvalue weighted by Gasteiger charge is 2.33. The average Bonchev–Trinajstić information content (AvgIpc) is 2.69. The van der Waals surface area contributed by atoms with E-state index in [-0.39, 0.29) is 22.7 Å². The zero-order valence-corrected chi connectivity index (χ0v) is 19.8. The van der Waals surface area contributed by atoms with Crippen LogP contribution < -0.4 is 4.90 Å². The van der Waals surface area contributed by atoms with Gasteiger partial charge >= 0.3 is 5.97 Å². The Kier molecular flexibility index (Phi) is 9.35. The molecular formula is C24H40NO3S+. The van der Waals surface area contributed by atoms with E-state index in [1.807, 2.05) is 0 Å².